The van der Waals surface area contributed by atoms with Crippen molar-refractivity contribution in [2.75, 3.05) is 6.61 Å². The van der Waals surface area contributed by atoms with E-state index in [1.165, 1.54) is 0 Å². The Morgan fingerprint density at radius 2 is 1.84 bits per heavy atom. The third kappa shape index (κ3) is 5.43. The summed E-state index contributed by atoms with van der Waals surface area (Å²) >= 11 is 0. The number of nitrogens with zero attached hydrogens (tertiary/aromatic N) is 1. The van der Waals surface area contributed by atoms with Gasteiger partial charge in [0.2, 0.25) is 5.91 Å². The minimum Gasteiger partial charge on any atom is -0.369 e. The van der Waals surface area contributed by atoms with E-state index < -0.39 is 0 Å². The number of carbonyl (C=O) groups excluding carboxylic acids is 1. The first-order valence-electron chi connectivity index (χ1n) is 6.99. The van der Waals surface area contributed by atoms with Gasteiger partial charge in [0.05, 0.1) is 6.10 Å². The van der Waals surface area contributed by atoms with Gasteiger partial charge in [0.15, 0.2) is 0 Å². The molecule has 0 aromatic heterocycles. The van der Waals surface area contributed by atoms with E-state index in [1.54, 1.807) is 0 Å². The van der Waals surface area contributed by atoms with Crippen molar-refractivity contribution >= 4 is 5.91 Å². The number of carbonyl (C=O) groups is 1. The molecule has 1 unspecified atom stereocenters. The maximum Gasteiger partial charge on any atom is 0.249 e. The van der Waals surface area contributed by atoms with E-state index in [4.69, 9.17) is 4.74 Å². The molecule has 0 heterocycles. The van der Waals surface area contributed by atoms with Crippen molar-refractivity contribution in [2.45, 2.75) is 52.8 Å². The van der Waals surface area contributed by atoms with Crippen molar-refractivity contribution in [3.05, 3.63) is 35.9 Å². The second kappa shape index (κ2) is 7.95. The van der Waals surface area contributed by atoms with E-state index >= 15 is 0 Å². The Labute approximate surface area is 116 Å². The van der Waals surface area contributed by atoms with Gasteiger partial charge in [0.1, 0.15) is 6.61 Å². The predicted octanol–water partition coefficient (Wildman–Crippen LogP) is 3.24. The van der Waals surface area contributed by atoms with Crippen LogP contribution in [0.3, 0.4) is 0 Å². The molecule has 1 rings (SSSR count). The van der Waals surface area contributed by atoms with Crippen molar-refractivity contribution in [1.29, 1.82) is 0 Å². The van der Waals surface area contributed by atoms with Gasteiger partial charge >= 0.3 is 0 Å². The van der Waals surface area contributed by atoms with E-state index in [0.717, 1.165) is 12.0 Å². The maximum atomic E-state index is 12.3. The van der Waals surface area contributed by atoms with Crippen LogP contribution >= 0.6 is 0 Å². The fraction of sp³-hybridized carbons (Fsp3) is 0.562. The summed E-state index contributed by atoms with van der Waals surface area (Å²) in [7, 11) is 0. The number of rotatable bonds is 7. The summed E-state index contributed by atoms with van der Waals surface area (Å²) < 4.78 is 5.43. The lowest BCUT2D eigenvalue weighted by atomic mass is 10.1. The van der Waals surface area contributed by atoms with Crippen LogP contribution in [0.2, 0.25) is 0 Å². The Morgan fingerprint density at radius 3 is 2.37 bits per heavy atom. The zero-order chi connectivity index (χ0) is 14.3. The highest BCUT2D eigenvalue weighted by Gasteiger charge is 2.19. The smallest absolute Gasteiger partial charge is 0.249 e. The molecule has 1 aromatic rings. The lowest BCUT2D eigenvalue weighted by molar-refractivity contribution is -0.140. The predicted molar refractivity (Wildman–Crippen MR) is 77.8 cm³/mol. The summed E-state index contributed by atoms with van der Waals surface area (Å²) in [5, 5.41) is 0. The average Bonchev–Trinajstić information content (AvgIpc) is 2.42. The number of hydrogen-bond donors (Lipinski definition) is 0. The fourth-order valence-electron chi connectivity index (χ4n) is 1.81. The highest BCUT2D eigenvalue weighted by molar-refractivity contribution is 5.77. The summed E-state index contributed by atoms with van der Waals surface area (Å²) in [6.07, 6.45) is 1.03. The Morgan fingerprint density at radius 1 is 1.21 bits per heavy atom. The Hall–Kier alpha value is -1.35. The molecule has 1 atom stereocenters. The standard InChI is InChI=1S/C16H25NO2/c1-5-14(4)17(16(18)12-19-13(2)3)11-15-9-7-6-8-10-15/h6-10,13-14H,5,11-12H2,1-4H3. The van der Waals surface area contributed by atoms with Gasteiger partial charge in [0, 0.05) is 12.6 Å². The van der Waals surface area contributed by atoms with Gasteiger partial charge in [-0.1, -0.05) is 37.3 Å². The number of amides is 1. The molecule has 0 saturated heterocycles. The van der Waals surface area contributed by atoms with Gasteiger partial charge in [-0.2, -0.15) is 0 Å². The van der Waals surface area contributed by atoms with Crippen LogP contribution in [0.15, 0.2) is 30.3 Å². The minimum atomic E-state index is 0.0619. The molecule has 0 aliphatic carbocycles. The van der Waals surface area contributed by atoms with E-state index in [1.807, 2.05) is 49.1 Å². The molecular formula is C16H25NO2. The lowest BCUT2D eigenvalue weighted by Crippen LogP contribution is -2.40. The average molecular weight is 263 g/mol. The van der Waals surface area contributed by atoms with Crippen molar-refractivity contribution in [3.8, 4) is 0 Å². The molecule has 0 saturated carbocycles. The zero-order valence-electron chi connectivity index (χ0n) is 12.4. The number of hydrogen-bond acceptors (Lipinski definition) is 2. The van der Waals surface area contributed by atoms with E-state index in [0.29, 0.717) is 6.54 Å². The SMILES string of the molecule is CCC(C)N(Cc1ccccc1)C(=O)COC(C)C. The zero-order valence-corrected chi connectivity index (χ0v) is 12.4. The molecule has 106 valence electrons. The molecule has 0 spiro atoms. The van der Waals surface area contributed by atoms with E-state index in [2.05, 4.69) is 13.8 Å². The normalized spacial score (nSPS) is 12.5. The van der Waals surface area contributed by atoms with Crippen molar-refractivity contribution in [2.24, 2.45) is 0 Å². The van der Waals surface area contributed by atoms with Crippen molar-refractivity contribution in [3.63, 3.8) is 0 Å². The molecule has 1 amide bonds. The highest BCUT2D eigenvalue weighted by atomic mass is 16.5. The van der Waals surface area contributed by atoms with Gasteiger partial charge in [-0.25, -0.2) is 0 Å². The number of ether oxygens (including phenoxy) is 1. The first-order valence-corrected chi connectivity index (χ1v) is 6.99. The summed E-state index contributed by atoms with van der Waals surface area (Å²) in [6.45, 7) is 8.87. The van der Waals surface area contributed by atoms with Crippen LogP contribution in [0.5, 0.6) is 0 Å². The Bertz CT molecular complexity index is 376. The molecular weight excluding hydrogens is 238 g/mol. The highest BCUT2D eigenvalue weighted by Crippen LogP contribution is 2.11. The monoisotopic (exact) mass is 263 g/mol. The van der Waals surface area contributed by atoms with Crippen LogP contribution in [0, 0.1) is 0 Å². The molecule has 1 aromatic carbocycles. The first-order chi connectivity index (χ1) is 9.04. The minimum absolute atomic E-state index is 0.0619. The van der Waals surface area contributed by atoms with Gasteiger partial charge in [-0.3, -0.25) is 4.79 Å². The van der Waals surface area contributed by atoms with Crippen molar-refractivity contribution < 1.29 is 9.53 Å². The van der Waals surface area contributed by atoms with Gasteiger partial charge < -0.3 is 9.64 Å². The maximum absolute atomic E-state index is 12.3. The van der Waals surface area contributed by atoms with Crippen LogP contribution < -0.4 is 0 Å². The van der Waals surface area contributed by atoms with Gasteiger partial charge in [-0.05, 0) is 32.8 Å². The summed E-state index contributed by atoms with van der Waals surface area (Å²) in [6, 6.07) is 10.3. The summed E-state index contributed by atoms with van der Waals surface area (Å²) in [4.78, 5) is 14.2. The molecule has 0 fully saturated rings. The van der Waals surface area contributed by atoms with Crippen LogP contribution in [-0.2, 0) is 16.1 Å². The van der Waals surface area contributed by atoms with E-state index in [9.17, 15) is 4.79 Å². The third-order valence-electron chi connectivity index (χ3n) is 3.18. The second-order valence-corrected chi connectivity index (χ2v) is 5.12. The molecule has 0 radical (unpaired) electrons. The molecule has 3 heteroatoms. The lowest BCUT2D eigenvalue weighted by Gasteiger charge is -2.29. The Kier molecular flexibility index (Phi) is 6.57. The fourth-order valence-corrected chi connectivity index (χ4v) is 1.81. The molecule has 0 bridgehead atoms. The van der Waals surface area contributed by atoms with Crippen LogP contribution in [0.1, 0.15) is 39.7 Å². The molecule has 3 nitrogen and oxygen atoms in total. The van der Waals surface area contributed by atoms with Crippen LogP contribution in [0.25, 0.3) is 0 Å². The van der Waals surface area contributed by atoms with Gasteiger partial charge in [0.25, 0.3) is 0 Å². The number of benzene rings is 1. The molecule has 19 heavy (non-hydrogen) atoms. The van der Waals surface area contributed by atoms with Crippen LogP contribution in [-0.4, -0.2) is 29.6 Å². The largest absolute Gasteiger partial charge is 0.369 e. The molecule has 0 aliphatic rings. The second-order valence-electron chi connectivity index (χ2n) is 5.12. The summed E-state index contributed by atoms with van der Waals surface area (Å²) in [5.41, 5.74) is 1.15. The molecule has 0 N–H and O–H groups in total. The summed E-state index contributed by atoms with van der Waals surface area (Å²) in [5.74, 6) is 0.0619. The quantitative estimate of drug-likeness (QED) is 0.756. The first kappa shape index (κ1) is 15.7. The third-order valence-corrected chi connectivity index (χ3v) is 3.18. The molecule has 0 aliphatic heterocycles. The van der Waals surface area contributed by atoms with Crippen molar-refractivity contribution in [1.82, 2.24) is 4.90 Å². The van der Waals surface area contributed by atoms with Crippen LogP contribution in [0.4, 0.5) is 0 Å². The van der Waals surface area contributed by atoms with Gasteiger partial charge in [-0.15, -0.1) is 0 Å². The van der Waals surface area contributed by atoms with E-state index in [-0.39, 0.29) is 24.7 Å². The topological polar surface area (TPSA) is 29.5 Å². The Balaban J connectivity index is 2.69.